The Bertz CT molecular complexity index is 496. The molecule has 1 N–H and O–H groups in total. The van der Waals surface area contributed by atoms with Gasteiger partial charge in [0.05, 0.1) is 5.69 Å². The smallest absolute Gasteiger partial charge is 0.324 e. The van der Waals surface area contributed by atoms with Crippen molar-refractivity contribution in [3.05, 3.63) is 28.7 Å². The fraction of sp³-hybridized carbons (Fsp3) is 0.364. The van der Waals surface area contributed by atoms with Crippen LogP contribution in [0.3, 0.4) is 0 Å². The predicted octanol–water partition coefficient (Wildman–Crippen LogP) is 4.52. The normalized spacial score (nSPS) is 13.2. The molecule has 1 amide bonds. The third-order valence-electron chi connectivity index (χ3n) is 2.71. The van der Waals surface area contributed by atoms with Gasteiger partial charge in [-0.2, -0.15) is 26.3 Å². The maximum Gasteiger partial charge on any atom is 0.411 e. The number of alkyl halides is 6. The summed E-state index contributed by atoms with van der Waals surface area (Å²) in [5.41, 5.74) is -4.67. The third-order valence-corrected chi connectivity index (χ3v) is 3.40. The van der Waals surface area contributed by atoms with E-state index < -0.39 is 23.7 Å². The molecule has 1 aromatic rings. The fourth-order valence-corrected chi connectivity index (χ4v) is 1.61. The van der Waals surface area contributed by atoms with Gasteiger partial charge in [-0.05, 0) is 35.0 Å². The summed E-state index contributed by atoms with van der Waals surface area (Å²) >= 11 is 2.92. The minimum atomic E-state index is -5.77. The lowest BCUT2D eigenvalue weighted by Gasteiger charge is -2.32. The van der Waals surface area contributed by atoms with Gasteiger partial charge in [0.1, 0.15) is 0 Å². The molecule has 0 aliphatic heterocycles. The quantitative estimate of drug-likeness (QED) is 0.769. The average molecular weight is 364 g/mol. The lowest BCUT2D eigenvalue weighted by molar-refractivity contribution is -0.317. The molecule has 0 atom stereocenters. The molecular weight excluding hydrogens is 356 g/mol. The summed E-state index contributed by atoms with van der Waals surface area (Å²) in [5.74, 6) is -2.19. The van der Waals surface area contributed by atoms with Crippen LogP contribution >= 0.6 is 15.9 Å². The minimum absolute atomic E-state index is 0.167. The molecule has 9 heteroatoms. The van der Waals surface area contributed by atoms with E-state index in [-0.39, 0.29) is 17.1 Å². The first kappa shape index (κ1) is 16.8. The van der Waals surface area contributed by atoms with Crippen LogP contribution in [0.1, 0.15) is 6.92 Å². The van der Waals surface area contributed by atoms with Crippen molar-refractivity contribution in [3.8, 4) is 0 Å². The summed E-state index contributed by atoms with van der Waals surface area (Å²) in [6.45, 7) is -0.195. The minimum Gasteiger partial charge on any atom is -0.324 e. The number of carbonyl (C=O) groups is 1. The van der Waals surface area contributed by atoms with Crippen LogP contribution in [0.5, 0.6) is 0 Å². The summed E-state index contributed by atoms with van der Waals surface area (Å²) in [6.07, 6.45) is -11.5. The van der Waals surface area contributed by atoms with Gasteiger partial charge >= 0.3 is 12.4 Å². The largest absolute Gasteiger partial charge is 0.411 e. The molecule has 0 aliphatic rings. The number of nitrogens with one attached hydrogen (secondary N) is 1. The Balaban J connectivity index is 3.19. The third kappa shape index (κ3) is 2.92. The van der Waals surface area contributed by atoms with Gasteiger partial charge in [-0.25, -0.2) is 0 Å². The lowest BCUT2D eigenvalue weighted by Crippen LogP contribution is -2.55. The molecule has 2 nitrogen and oxygen atoms in total. The molecule has 112 valence electrons. The first-order chi connectivity index (χ1) is 8.91. The monoisotopic (exact) mass is 363 g/mol. The average Bonchev–Trinajstić information content (AvgIpc) is 2.28. The lowest BCUT2D eigenvalue weighted by atomic mass is 9.87. The van der Waals surface area contributed by atoms with Crippen molar-refractivity contribution in [1.82, 2.24) is 0 Å². The zero-order chi connectivity index (χ0) is 15.8. The number of benzene rings is 1. The predicted molar refractivity (Wildman–Crippen MR) is 63.0 cm³/mol. The van der Waals surface area contributed by atoms with Crippen LogP contribution in [-0.4, -0.2) is 18.3 Å². The molecule has 0 fully saturated rings. The van der Waals surface area contributed by atoms with Crippen molar-refractivity contribution in [2.45, 2.75) is 19.3 Å². The van der Waals surface area contributed by atoms with Crippen molar-refractivity contribution in [2.75, 3.05) is 5.32 Å². The summed E-state index contributed by atoms with van der Waals surface area (Å²) in [7, 11) is 0. The molecule has 0 spiro atoms. The van der Waals surface area contributed by atoms with Crippen LogP contribution < -0.4 is 5.32 Å². The first-order valence-corrected chi connectivity index (χ1v) is 5.90. The number of anilines is 1. The number of hydrogen-bond donors (Lipinski definition) is 1. The molecule has 0 unspecified atom stereocenters. The fourth-order valence-electron chi connectivity index (χ4n) is 1.23. The van der Waals surface area contributed by atoms with Crippen molar-refractivity contribution >= 4 is 27.5 Å². The maximum atomic E-state index is 12.7. The van der Waals surface area contributed by atoms with Gasteiger partial charge in [0.25, 0.3) is 0 Å². The van der Waals surface area contributed by atoms with Crippen molar-refractivity contribution < 1.29 is 31.1 Å². The van der Waals surface area contributed by atoms with Gasteiger partial charge < -0.3 is 5.32 Å². The Morgan fingerprint density at radius 3 is 1.90 bits per heavy atom. The molecule has 1 aromatic carbocycles. The SMILES string of the molecule is CC(C(=O)Nc1ccccc1Br)(C(F)(F)F)C(F)(F)F. The summed E-state index contributed by atoms with van der Waals surface area (Å²) < 4.78 is 76.1. The van der Waals surface area contributed by atoms with Gasteiger partial charge in [-0.1, -0.05) is 12.1 Å². The molecule has 0 heterocycles. The highest BCUT2D eigenvalue weighted by Crippen LogP contribution is 2.50. The molecule has 0 saturated carbocycles. The maximum absolute atomic E-state index is 12.7. The van der Waals surface area contributed by atoms with Crippen LogP contribution in [0.25, 0.3) is 0 Å². The second-order valence-corrected chi connectivity index (χ2v) is 4.91. The van der Waals surface area contributed by atoms with E-state index >= 15 is 0 Å². The van der Waals surface area contributed by atoms with Gasteiger partial charge in [-0.15, -0.1) is 0 Å². The van der Waals surface area contributed by atoms with Gasteiger partial charge in [-0.3, -0.25) is 4.79 Å². The molecule has 0 saturated heterocycles. The zero-order valence-electron chi connectivity index (χ0n) is 9.86. The van der Waals surface area contributed by atoms with E-state index in [4.69, 9.17) is 0 Å². The Labute approximate surface area is 118 Å². The summed E-state index contributed by atoms with van der Waals surface area (Å²) in [6, 6.07) is 5.40. The van der Waals surface area contributed by atoms with Crippen LogP contribution in [0.2, 0.25) is 0 Å². The second kappa shape index (κ2) is 5.27. The Hall–Kier alpha value is -1.25. The van der Waals surface area contributed by atoms with Crippen molar-refractivity contribution in [2.24, 2.45) is 5.41 Å². The molecule has 0 aromatic heterocycles. The van der Waals surface area contributed by atoms with E-state index in [0.29, 0.717) is 0 Å². The van der Waals surface area contributed by atoms with E-state index in [9.17, 15) is 31.1 Å². The Kier molecular flexibility index (Phi) is 4.42. The molecular formula is C11H8BrF6NO. The van der Waals surface area contributed by atoms with Crippen molar-refractivity contribution in [1.29, 1.82) is 0 Å². The van der Waals surface area contributed by atoms with E-state index in [1.807, 2.05) is 0 Å². The van der Waals surface area contributed by atoms with Crippen molar-refractivity contribution in [3.63, 3.8) is 0 Å². The summed E-state index contributed by atoms with van der Waals surface area (Å²) in [5, 5.41) is 1.64. The Morgan fingerprint density at radius 1 is 1.05 bits per heavy atom. The van der Waals surface area contributed by atoms with E-state index in [2.05, 4.69) is 15.9 Å². The number of para-hydroxylation sites is 1. The van der Waals surface area contributed by atoms with Crippen LogP contribution in [0, 0.1) is 5.41 Å². The van der Waals surface area contributed by atoms with Crippen LogP contribution in [0.4, 0.5) is 32.0 Å². The first-order valence-electron chi connectivity index (χ1n) is 5.10. The molecule has 0 aliphatic carbocycles. The number of halogens is 7. The highest BCUT2D eigenvalue weighted by Gasteiger charge is 2.72. The number of amides is 1. The highest BCUT2D eigenvalue weighted by atomic mass is 79.9. The molecule has 1 rings (SSSR count). The zero-order valence-corrected chi connectivity index (χ0v) is 11.4. The van der Waals surface area contributed by atoms with E-state index in [0.717, 1.165) is 0 Å². The van der Waals surface area contributed by atoms with Gasteiger partial charge in [0.15, 0.2) is 0 Å². The highest BCUT2D eigenvalue weighted by molar-refractivity contribution is 9.10. The number of hydrogen-bond acceptors (Lipinski definition) is 1. The number of carbonyl (C=O) groups excluding carboxylic acids is 1. The standard InChI is InChI=1S/C11H8BrF6NO/c1-9(10(13,14)15,11(16,17)18)8(20)19-7-5-3-2-4-6(7)12/h2-5H,1H3,(H,19,20). The van der Waals surface area contributed by atoms with Gasteiger partial charge in [0, 0.05) is 4.47 Å². The molecule has 20 heavy (non-hydrogen) atoms. The second-order valence-electron chi connectivity index (χ2n) is 4.05. The topological polar surface area (TPSA) is 29.1 Å². The van der Waals surface area contributed by atoms with E-state index in [1.54, 1.807) is 5.32 Å². The number of rotatable bonds is 2. The van der Waals surface area contributed by atoms with Crippen LogP contribution in [0.15, 0.2) is 28.7 Å². The summed E-state index contributed by atoms with van der Waals surface area (Å²) in [4.78, 5) is 11.5. The molecule has 0 radical (unpaired) electrons. The van der Waals surface area contributed by atoms with E-state index in [1.165, 1.54) is 24.3 Å². The Morgan fingerprint density at radius 2 is 1.50 bits per heavy atom. The molecule has 0 bridgehead atoms. The van der Waals surface area contributed by atoms with Crippen LogP contribution in [-0.2, 0) is 4.79 Å². The van der Waals surface area contributed by atoms with Gasteiger partial charge in [0.2, 0.25) is 11.3 Å².